The highest BCUT2D eigenvalue weighted by Crippen LogP contribution is 2.13. The van der Waals surface area contributed by atoms with Crippen LogP contribution in [0.25, 0.3) is 0 Å². The average Bonchev–Trinajstić information content (AvgIpc) is 2.04. The van der Waals surface area contributed by atoms with E-state index in [0.717, 1.165) is 0 Å². The number of hydrogen-bond donors (Lipinski definition) is 2. The zero-order valence-electron chi connectivity index (χ0n) is 6.02. The summed E-state index contributed by atoms with van der Waals surface area (Å²) in [5.74, 6) is -1.10. The molecule has 0 aliphatic carbocycles. The third-order valence-corrected chi connectivity index (χ3v) is 2.16. The van der Waals surface area contributed by atoms with Crippen LogP contribution in [-0.2, 0) is 4.57 Å². The first-order valence-electron chi connectivity index (χ1n) is 3.18. The average molecular weight is 186 g/mol. The zero-order chi connectivity index (χ0) is 9.14. The Balaban J connectivity index is 3.12. The lowest BCUT2D eigenvalue weighted by Gasteiger charge is -1.96. The molecule has 0 saturated carbocycles. The highest BCUT2D eigenvalue weighted by atomic mass is 31.1. The first-order chi connectivity index (χ1) is 5.61. The Kier molecular flexibility index (Phi) is 2.63. The van der Waals surface area contributed by atoms with Crippen molar-refractivity contribution in [2.24, 2.45) is 0 Å². The molecule has 0 amide bonds. The Morgan fingerprint density at radius 1 is 1.42 bits per heavy atom. The molecule has 4 nitrogen and oxygen atoms in total. The van der Waals surface area contributed by atoms with Gasteiger partial charge in [0, 0.05) is 5.30 Å². The van der Waals surface area contributed by atoms with Crippen molar-refractivity contribution in [1.29, 1.82) is 0 Å². The fraction of sp³-hybridized carbons (Fsp3) is 0. The molecule has 1 aromatic carbocycles. The van der Waals surface area contributed by atoms with E-state index in [4.69, 9.17) is 10.00 Å². The van der Waals surface area contributed by atoms with Crippen molar-refractivity contribution in [2.45, 2.75) is 0 Å². The summed E-state index contributed by atoms with van der Waals surface area (Å²) < 4.78 is 10.6. The van der Waals surface area contributed by atoms with Crippen molar-refractivity contribution >= 4 is 19.3 Å². The van der Waals surface area contributed by atoms with E-state index in [1.807, 2.05) is 0 Å². The molecule has 0 saturated heterocycles. The maximum absolute atomic E-state index is 10.6. The van der Waals surface area contributed by atoms with Crippen molar-refractivity contribution in [3.8, 4) is 0 Å². The first-order valence-corrected chi connectivity index (χ1v) is 4.53. The number of hydrogen-bond acceptors (Lipinski definition) is 2. The van der Waals surface area contributed by atoms with Crippen molar-refractivity contribution in [1.82, 2.24) is 0 Å². The normalized spacial score (nSPS) is 12.4. The van der Waals surface area contributed by atoms with E-state index >= 15 is 0 Å². The lowest BCUT2D eigenvalue weighted by Crippen LogP contribution is -2.02. The van der Waals surface area contributed by atoms with Gasteiger partial charge in [0.1, 0.15) is 0 Å². The van der Waals surface area contributed by atoms with E-state index in [0.29, 0.717) is 0 Å². The molecule has 1 rings (SSSR count). The van der Waals surface area contributed by atoms with Gasteiger partial charge in [0.2, 0.25) is 8.03 Å². The summed E-state index contributed by atoms with van der Waals surface area (Å²) in [5.41, 5.74) is 0.0277. The molecule has 12 heavy (non-hydrogen) atoms. The van der Waals surface area contributed by atoms with Crippen molar-refractivity contribution in [3.05, 3.63) is 29.8 Å². The van der Waals surface area contributed by atoms with Crippen molar-refractivity contribution in [3.63, 3.8) is 0 Å². The third kappa shape index (κ3) is 1.94. The van der Waals surface area contributed by atoms with Crippen LogP contribution in [0.15, 0.2) is 24.3 Å². The minimum atomic E-state index is -2.78. The standard InChI is InChI=1S/C7H7O4P/c8-7(9)5-2-1-3-6(4-5)12(10)11/h1-4,12H,(H,8,9)(H,10,11). The van der Waals surface area contributed by atoms with E-state index in [1.165, 1.54) is 24.3 Å². The molecule has 1 atom stereocenters. The molecule has 1 unspecified atom stereocenters. The van der Waals surface area contributed by atoms with Crippen LogP contribution in [0.4, 0.5) is 0 Å². The van der Waals surface area contributed by atoms with Crippen LogP contribution in [-0.4, -0.2) is 16.0 Å². The molecule has 0 bridgehead atoms. The van der Waals surface area contributed by atoms with Gasteiger partial charge in [-0.3, -0.25) is 4.57 Å². The molecular formula is C7H7O4P. The van der Waals surface area contributed by atoms with E-state index in [9.17, 15) is 9.36 Å². The SMILES string of the molecule is O=C(O)c1cccc([PH](=O)O)c1. The van der Waals surface area contributed by atoms with Gasteiger partial charge in [-0.2, -0.15) is 0 Å². The van der Waals surface area contributed by atoms with Gasteiger partial charge in [-0.05, 0) is 18.2 Å². The van der Waals surface area contributed by atoms with Gasteiger partial charge < -0.3 is 10.00 Å². The molecule has 2 N–H and O–H groups in total. The fourth-order valence-electron chi connectivity index (χ4n) is 0.785. The van der Waals surface area contributed by atoms with Gasteiger partial charge >= 0.3 is 5.97 Å². The van der Waals surface area contributed by atoms with Gasteiger partial charge in [0.25, 0.3) is 0 Å². The third-order valence-electron chi connectivity index (χ3n) is 1.36. The summed E-state index contributed by atoms with van der Waals surface area (Å²) >= 11 is 0. The lowest BCUT2D eigenvalue weighted by molar-refractivity contribution is 0.0697. The number of carboxylic acids is 1. The number of rotatable bonds is 2. The molecule has 0 aliphatic rings. The molecule has 0 aliphatic heterocycles. The molecule has 5 heteroatoms. The van der Waals surface area contributed by atoms with Gasteiger partial charge in [-0.25, -0.2) is 4.79 Å². The number of benzene rings is 1. The lowest BCUT2D eigenvalue weighted by atomic mass is 10.2. The maximum atomic E-state index is 10.6. The van der Waals surface area contributed by atoms with E-state index < -0.39 is 14.0 Å². The first kappa shape index (κ1) is 8.97. The summed E-state index contributed by atoms with van der Waals surface area (Å²) in [7, 11) is -2.78. The van der Waals surface area contributed by atoms with Crippen LogP contribution >= 0.6 is 8.03 Å². The molecule has 0 aromatic heterocycles. The van der Waals surface area contributed by atoms with Crippen LogP contribution in [0.3, 0.4) is 0 Å². The largest absolute Gasteiger partial charge is 0.478 e. The Bertz CT molecular complexity index is 305. The van der Waals surface area contributed by atoms with Crippen molar-refractivity contribution < 1.29 is 19.4 Å². The molecule has 0 heterocycles. The second-order valence-electron chi connectivity index (χ2n) is 2.19. The van der Waals surface area contributed by atoms with Gasteiger partial charge in [0.05, 0.1) is 5.56 Å². The predicted octanol–water partition coefficient (Wildman–Crippen LogP) is 0.477. The summed E-state index contributed by atoms with van der Waals surface area (Å²) in [6, 6.07) is 5.44. The highest BCUT2D eigenvalue weighted by Gasteiger charge is 2.04. The quantitative estimate of drug-likeness (QED) is 0.658. The monoisotopic (exact) mass is 186 g/mol. The maximum Gasteiger partial charge on any atom is 0.335 e. The van der Waals surface area contributed by atoms with E-state index in [-0.39, 0.29) is 10.9 Å². The smallest absolute Gasteiger partial charge is 0.335 e. The molecular weight excluding hydrogens is 179 g/mol. The van der Waals surface area contributed by atoms with Gasteiger partial charge in [-0.15, -0.1) is 0 Å². The second kappa shape index (κ2) is 3.52. The molecule has 0 spiro atoms. The Morgan fingerprint density at radius 3 is 2.58 bits per heavy atom. The highest BCUT2D eigenvalue weighted by molar-refractivity contribution is 7.47. The summed E-state index contributed by atoms with van der Waals surface area (Å²) in [5, 5.41) is 8.69. The number of carboxylic acid groups (broad SMARTS) is 1. The van der Waals surface area contributed by atoms with Crippen LogP contribution in [0, 0.1) is 0 Å². The van der Waals surface area contributed by atoms with Crippen LogP contribution in [0.1, 0.15) is 10.4 Å². The summed E-state index contributed by atoms with van der Waals surface area (Å²) in [6.45, 7) is 0. The van der Waals surface area contributed by atoms with Crippen LogP contribution in [0.2, 0.25) is 0 Å². The minimum Gasteiger partial charge on any atom is -0.478 e. The van der Waals surface area contributed by atoms with Gasteiger partial charge in [0.15, 0.2) is 0 Å². The summed E-state index contributed by atoms with van der Waals surface area (Å²) in [4.78, 5) is 19.1. The molecule has 0 radical (unpaired) electrons. The summed E-state index contributed by atoms with van der Waals surface area (Å²) in [6.07, 6.45) is 0. The van der Waals surface area contributed by atoms with Gasteiger partial charge in [-0.1, -0.05) is 6.07 Å². The second-order valence-corrected chi connectivity index (χ2v) is 3.38. The number of carbonyl (C=O) groups is 1. The number of aromatic carboxylic acids is 1. The minimum absolute atomic E-state index is 0.0277. The molecule has 64 valence electrons. The van der Waals surface area contributed by atoms with Crippen LogP contribution in [0.5, 0.6) is 0 Å². The Hall–Kier alpha value is -1.12. The zero-order valence-corrected chi connectivity index (χ0v) is 7.02. The topological polar surface area (TPSA) is 74.6 Å². The van der Waals surface area contributed by atoms with E-state index in [2.05, 4.69) is 0 Å². The molecule has 0 fully saturated rings. The molecule has 1 aromatic rings. The van der Waals surface area contributed by atoms with Crippen molar-refractivity contribution in [2.75, 3.05) is 0 Å². The Labute approximate surface area is 69.3 Å². The van der Waals surface area contributed by atoms with Crippen LogP contribution < -0.4 is 5.30 Å². The predicted molar refractivity (Wildman–Crippen MR) is 44.3 cm³/mol. The van der Waals surface area contributed by atoms with E-state index in [1.54, 1.807) is 0 Å². The Morgan fingerprint density at radius 2 is 2.08 bits per heavy atom. The fourth-order valence-corrected chi connectivity index (χ4v) is 1.30.